The van der Waals surface area contributed by atoms with Crippen molar-refractivity contribution in [3.63, 3.8) is 0 Å². The van der Waals surface area contributed by atoms with Crippen molar-refractivity contribution >= 4 is 23.7 Å². The molecule has 1 atom stereocenters. The highest BCUT2D eigenvalue weighted by Gasteiger charge is 2.18. The van der Waals surface area contributed by atoms with E-state index in [-0.39, 0.29) is 18.3 Å². The van der Waals surface area contributed by atoms with E-state index in [1.165, 1.54) is 24.4 Å². The zero-order chi connectivity index (χ0) is 16.7. The van der Waals surface area contributed by atoms with Gasteiger partial charge in [-0.05, 0) is 12.8 Å². The molecule has 1 fully saturated rings. The Kier molecular flexibility index (Phi) is 5.75. The van der Waals surface area contributed by atoms with Crippen molar-refractivity contribution in [1.29, 1.82) is 0 Å². The Labute approximate surface area is 131 Å². The molecule has 0 aromatic heterocycles. The number of hydrogen-bond acceptors (Lipinski definition) is 6. The number of amides is 2. The molecule has 0 unspecified atom stereocenters. The molecule has 2 amide bonds. The van der Waals surface area contributed by atoms with Crippen LogP contribution in [0.25, 0.3) is 0 Å². The summed E-state index contributed by atoms with van der Waals surface area (Å²) in [5, 5.41) is 16.7. The molecule has 9 nitrogen and oxygen atoms in total. The van der Waals surface area contributed by atoms with Crippen LogP contribution >= 0.6 is 0 Å². The predicted octanol–water partition coefficient (Wildman–Crippen LogP) is 0.340. The second-order valence-electron chi connectivity index (χ2n) is 4.90. The van der Waals surface area contributed by atoms with Gasteiger partial charge in [0.1, 0.15) is 0 Å². The number of hydrazone groups is 1. The number of nitro benzene ring substituents is 1. The van der Waals surface area contributed by atoms with Crippen molar-refractivity contribution in [3.05, 3.63) is 39.9 Å². The van der Waals surface area contributed by atoms with Crippen molar-refractivity contribution in [2.24, 2.45) is 5.10 Å². The van der Waals surface area contributed by atoms with Gasteiger partial charge in [0.2, 0.25) is 0 Å². The number of nitro groups is 1. The Morgan fingerprint density at radius 2 is 2.26 bits per heavy atom. The summed E-state index contributed by atoms with van der Waals surface area (Å²) in [6, 6.07) is 5.72. The zero-order valence-electron chi connectivity index (χ0n) is 12.2. The number of non-ortho nitro benzene ring substituents is 1. The molecule has 1 heterocycles. The SMILES string of the molecule is O=C(NC[C@@H]1CCCO1)C(=O)NN=Cc1cccc([N+](=O)[O-])c1. The van der Waals surface area contributed by atoms with Crippen molar-refractivity contribution < 1.29 is 19.2 Å². The van der Waals surface area contributed by atoms with E-state index in [9.17, 15) is 19.7 Å². The van der Waals surface area contributed by atoms with Gasteiger partial charge in [-0.15, -0.1) is 0 Å². The van der Waals surface area contributed by atoms with Crippen molar-refractivity contribution in [3.8, 4) is 0 Å². The summed E-state index contributed by atoms with van der Waals surface area (Å²) >= 11 is 0. The van der Waals surface area contributed by atoms with Gasteiger partial charge >= 0.3 is 11.8 Å². The maximum atomic E-state index is 11.5. The van der Waals surface area contributed by atoms with Gasteiger partial charge in [0.15, 0.2) is 0 Å². The van der Waals surface area contributed by atoms with E-state index in [2.05, 4.69) is 15.8 Å². The van der Waals surface area contributed by atoms with Crippen LogP contribution in [0, 0.1) is 10.1 Å². The topological polar surface area (TPSA) is 123 Å². The van der Waals surface area contributed by atoms with E-state index in [0.717, 1.165) is 12.8 Å². The number of nitrogens with one attached hydrogen (secondary N) is 2. The van der Waals surface area contributed by atoms with E-state index >= 15 is 0 Å². The Balaban J connectivity index is 1.79. The first-order valence-corrected chi connectivity index (χ1v) is 7.03. The summed E-state index contributed by atoms with van der Waals surface area (Å²) in [5.41, 5.74) is 2.40. The number of rotatable bonds is 5. The minimum atomic E-state index is -0.912. The standard InChI is InChI=1S/C14H16N4O5/c19-13(15-9-12-5-2-6-23-12)14(20)17-16-8-10-3-1-4-11(7-10)18(21)22/h1,3-4,7-8,12H,2,5-6,9H2,(H,15,19)(H,17,20)/t12-/m0/s1. The molecule has 1 aromatic rings. The summed E-state index contributed by atoms with van der Waals surface area (Å²) in [5.74, 6) is -1.72. The smallest absolute Gasteiger partial charge is 0.329 e. The first kappa shape index (κ1) is 16.6. The van der Waals surface area contributed by atoms with E-state index in [4.69, 9.17) is 4.74 Å². The molecule has 9 heteroatoms. The van der Waals surface area contributed by atoms with Gasteiger partial charge in [0, 0.05) is 30.8 Å². The molecule has 1 aliphatic heterocycles. The van der Waals surface area contributed by atoms with Crippen LogP contribution in [0.2, 0.25) is 0 Å². The third-order valence-corrected chi connectivity index (χ3v) is 3.18. The Hall–Kier alpha value is -2.81. The van der Waals surface area contributed by atoms with Gasteiger partial charge in [0.05, 0.1) is 17.2 Å². The fourth-order valence-electron chi connectivity index (χ4n) is 2.03. The molecule has 1 saturated heterocycles. The third kappa shape index (κ3) is 5.15. The molecule has 23 heavy (non-hydrogen) atoms. The Morgan fingerprint density at radius 3 is 2.96 bits per heavy atom. The summed E-state index contributed by atoms with van der Waals surface area (Å²) < 4.78 is 5.32. The van der Waals surface area contributed by atoms with Gasteiger partial charge in [0.25, 0.3) is 5.69 Å². The average molecular weight is 320 g/mol. The second kappa shape index (κ2) is 7.99. The summed E-state index contributed by atoms with van der Waals surface area (Å²) in [6.07, 6.45) is 2.96. The van der Waals surface area contributed by atoms with Gasteiger partial charge in [-0.1, -0.05) is 12.1 Å². The van der Waals surface area contributed by atoms with Crippen molar-refractivity contribution in [2.45, 2.75) is 18.9 Å². The van der Waals surface area contributed by atoms with Crippen molar-refractivity contribution in [2.75, 3.05) is 13.2 Å². The first-order chi connectivity index (χ1) is 11.1. The number of carbonyl (C=O) groups is 2. The summed E-state index contributed by atoms with van der Waals surface area (Å²) in [4.78, 5) is 33.2. The normalized spacial score (nSPS) is 17.1. The number of nitrogens with zero attached hydrogens (tertiary/aromatic N) is 2. The highest BCUT2D eigenvalue weighted by molar-refractivity contribution is 6.35. The predicted molar refractivity (Wildman–Crippen MR) is 80.8 cm³/mol. The molecule has 0 saturated carbocycles. The lowest BCUT2D eigenvalue weighted by Crippen LogP contribution is -2.41. The van der Waals surface area contributed by atoms with Crippen LogP contribution in [0.3, 0.4) is 0 Å². The average Bonchev–Trinajstić information content (AvgIpc) is 3.06. The third-order valence-electron chi connectivity index (χ3n) is 3.18. The highest BCUT2D eigenvalue weighted by Crippen LogP contribution is 2.11. The number of ether oxygens (including phenoxy) is 1. The second-order valence-corrected chi connectivity index (χ2v) is 4.90. The minimum absolute atomic E-state index is 0.0554. The molecule has 0 radical (unpaired) electrons. The molecule has 2 rings (SSSR count). The molecule has 0 bridgehead atoms. The summed E-state index contributed by atoms with van der Waals surface area (Å²) in [6.45, 7) is 0.946. The monoisotopic (exact) mass is 320 g/mol. The van der Waals surface area contributed by atoms with E-state index < -0.39 is 16.7 Å². The fourth-order valence-corrected chi connectivity index (χ4v) is 2.03. The number of carbonyl (C=O) groups excluding carboxylic acids is 2. The lowest BCUT2D eigenvalue weighted by molar-refractivity contribution is -0.384. The van der Waals surface area contributed by atoms with Crippen LogP contribution in [0.15, 0.2) is 29.4 Å². The Bertz CT molecular complexity index is 625. The summed E-state index contributed by atoms with van der Waals surface area (Å²) in [7, 11) is 0. The zero-order valence-corrected chi connectivity index (χ0v) is 12.2. The lowest BCUT2D eigenvalue weighted by Gasteiger charge is -2.09. The van der Waals surface area contributed by atoms with E-state index in [1.54, 1.807) is 6.07 Å². The molecular weight excluding hydrogens is 304 g/mol. The van der Waals surface area contributed by atoms with Crippen LogP contribution in [0.1, 0.15) is 18.4 Å². The lowest BCUT2D eigenvalue weighted by atomic mass is 10.2. The highest BCUT2D eigenvalue weighted by atomic mass is 16.6. The van der Waals surface area contributed by atoms with Gasteiger partial charge in [-0.2, -0.15) is 5.10 Å². The van der Waals surface area contributed by atoms with Crippen LogP contribution in [0.5, 0.6) is 0 Å². The number of hydrogen-bond donors (Lipinski definition) is 2. The fraction of sp³-hybridized carbons (Fsp3) is 0.357. The maximum absolute atomic E-state index is 11.5. The Morgan fingerprint density at radius 1 is 1.43 bits per heavy atom. The van der Waals surface area contributed by atoms with Crippen LogP contribution in [-0.2, 0) is 14.3 Å². The van der Waals surface area contributed by atoms with Gasteiger partial charge < -0.3 is 10.1 Å². The minimum Gasteiger partial charge on any atom is -0.376 e. The van der Waals surface area contributed by atoms with E-state index in [1.807, 2.05) is 0 Å². The van der Waals surface area contributed by atoms with Crippen LogP contribution < -0.4 is 10.7 Å². The molecular formula is C14H16N4O5. The molecule has 2 N–H and O–H groups in total. The van der Waals surface area contributed by atoms with E-state index in [0.29, 0.717) is 12.2 Å². The maximum Gasteiger partial charge on any atom is 0.329 e. The van der Waals surface area contributed by atoms with Gasteiger partial charge in [-0.3, -0.25) is 19.7 Å². The first-order valence-electron chi connectivity index (χ1n) is 7.03. The number of benzene rings is 1. The largest absolute Gasteiger partial charge is 0.376 e. The molecule has 0 spiro atoms. The molecule has 122 valence electrons. The van der Waals surface area contributed by atoms with Gasteiger partial charge in [-0.25, -0.2) is 5.43 Å². The van der Waals surface area contributed by atoms with Crippen molar-refractivity contribution in [1.82, 2.24) is 10.7 Å². The molecule has 1 aliphatic rings. The quantitative estimate of drug-likeness (QED) is 0.350. The van der Waals surface area contributed by atoms with Crippen LogP contribution in [-0.4, -0.2) is 42.2 Å². The molecule has 0 aliphatic carbocycles. The van der Waals surface area contributed by atoms with Crippen LogP contribution in [0.4, 0.5) is 5.69 Å². The molecule has 1 aromatic carbocycles.